The molecule has 17 heavy (non-hydrogen) atoms. The van der Waals surface area contributed by atoms with Crippen molar-refractivity contribution in [2.24, 2.45) is 5.92 Å². The van der Waals surface area contributed by atoms with Gasteiger partial charge >= 0.3 is 5.69 Å². The summed E-state index contributed by atoms with van der Waals surface area (Å²) in [5.74, 6) is 0.634. The van der Waals surface area contributed by atoms with Crippen LogP contribution in [0.1, 0.15) is 25.7 Å². The maximum absolute atomic E-state index is 11.5. The second kappa shape index (κ2) is 3.87. The summed E-state index contributed by atoms with van der Waals surface area (Å²) in [5, 5.41) is 0. The molecule has 1 aliphatic carbocycles. The summed E-state index contributed by atoms with van der Waals surface area (Å²) >= 11 is 0. The van der Waals surface area contributed by atoms with E-state index < -0.39 is 11.2 Å². The fraction of sp³-hybridized carbons (Fsp3) is 0.545. The number of imidazole rings is 1. The Bertz CT molecular complexity index is 645. The molecule has 0 atom stereocenters. The lowest BCUT2D eigenvalue weighted by atomic mass is 10.1. The lowest BCUT2D eigenvalue weighted by molar-refractivity contribution is 0.462. The number of hydrogen-bond donors (Lipinski definition) is 2. The molecule has 0 unspecified atom stereocenters. The molecule has 0 amide bonds. The van der Waals surface area contributed by atoms with Gasteiger partial charge in [0.2, 0.25) is 0 Å². The van der Waals surface area contributed by atoms with Crippen molar-refractivity contribution in [3.63, 3.8) is 0 Å². The SMILES string of the molecule is O=c1[nH]c(=O)c2ncn(CC3CCCC3)c2[nH]1. The van der Waals surface area contributed by atoms with Crippen molar-refractivity contribution < 1.29 is 0 Å². The summed E-state index contributed by atoms with van der Waals surface area (Å²) in [4.78, 5) is 31.6. The molecule has 1 saturated carbocycles. The van der Waals surface area contributed by atoms with E-state index in [-0.39, 0.29) is 0 Å². The van der Waals surface area contributed by atoms with E-state index in [1.54, 1.807) is 6.33 Å². The van der Waals surface area contributed by atoms with Gasteiger partial charge < -0.3 is 4.57 Å². The molecule has 2 N–H and O–H groups in total. The van der Waals surface area contributed by atoms with Crippen molar-refractivity contribution in [1.29, 1.82) is 0 Å². The lowest BCUT2D eigenvalue weighted by Gasteiger charge is -2.09. The highest BCUT2D eigenvalue weighted by Gasteiger charge is 2.17. The zero-order valence-electron chi connectivity index (χ0n) is 9.40. The van der Waals surface area contributed by atoms with Gasteiger partial charge in [0, 0.05) is 6.54 Å². The van der Waals surface area contributed by atoms with Gasteiger partial charge in [-0.1, -0.05) is 12.8 Å². The second-order valence-corrected chi connectivity index (χ2v) is 4.65. The molecule has 0 aromatic carbocycles. The maximum atomic E-state index is 11.5. The van der Waals surface area contributed by atoms with E-state index in [4.69, 9.17) is 0 Å². The topological polar surface area (TPSA) is 83.5 Å². The van der Waals surface area contributed by atoms with Gasteiger partial charge in [-0.2, -0.15) is 0 Å². The van der Waals surface area contributed by atoms with Gasteiger partial charge in [-0.25, -0.2) is 9.78 Å². The predicted molar refractivity (Wildman–Crippen MR) is 62.9 cm³/mol. The van der Waals surface area contributed by atoms with Crippen LogP contribution in [0.3, 0.4) is 0 Å². The Kier molecular flexibility index (Phi) is 2.35. The van der Waals surface area contributed by atoms with Gasteiger partial charge in [0.1, 0.15) is 5.65 Å². The van der Waals surface area contributed by atoms with Crippen molar-refractivity contribution >= 4 is 11.2 Å². The first-order chi connectivity index (χ1) is 8.24. The Labute approximate surface area is 96.7 Å². The number of nitrogens with zero attached hydrogens (tertiary/aromatic N) is 2. The molecular weight excluding hydrogens is 220 g/mol. The number of hydrogen-bond acceptors (Lipinski definition) is 3. The van der Waals surface area contributed by atoms with Crippen LogP contribution in [0, 0.1) is 5.92 Å². The third-order valence-electron chi connectivity index (χ3n) is 3.44. The molecule has 6 nitrogen and oxygen atoms in total. The molecular formula is C11H14N4O2. The monoisotopic (exact) mass is 234 g/mol. The minimum Gasteiger partial charge on any atom is -0.316 e. The van der Waals surface area contributed by atoms with Gasteiger partial charge in [-0.05, 0) is 18.8 Å². The van der Waals surface area contributed by atoms with Crippen LogP contribution in [-0.2, 0) is 6.54 Å². The zero-order chi connectivity index (χ0) is 11.8. The molecule has 2 aromatic heterocycles. The van der Waals surface area contributed by atoms with Crippen LogP contribution in [-0.4, -0.2) is 19.5 Å². The summed E-state index contributed by atoms with van der Waals surface area (Å²) in [6.45, 7) is 0.829. The summed E-state index contributed by atoms with van der Waals surface area (Å²) in [5.41, 5.74) is -0.0576. The molecule has 0 radical (unpaired) electrons. The van der Waals surface area contributed by atoms with Crippen LogP contribution in [0.25, 0.3) is 11.2 Å². The Morgan fingerprint density at radius 2 is 2.06 bits per heavy atom. The molecule has 6 heteroatoms. The normalized spacial score (nSPS) is 16.9. The summed E-state index contributed by atoms with van der Waals surface area (Å²) in [6.07, 6.45) is 6.61. The smallest absolute Gasteiger partial charge is 0.316 e. The van der Waals surface area contributed by atoms with Crippen molar-refractivity contribution in [3.05, 3.63) is 27.2 Å². The van der Waals surface area contributed by atoms with Crippen molar-refractivity contribution in [2.75, 3.05) is 0 Å². The second-order valence-electron chi connectivity index (χ2n) is 4.65. The number of aromatic amines is 2. The highest BCUT2D eigenvalue weighted by atomic mass is 16.2. The van der Waals surface area contributed by atoms with Crippen LogP contribution in [0.15, 0.2) is 15.9 Å². The predicted octanol–water partition coefficient (Wildman–Crippen LogP) is 0.603. The van der Waals surface area contributed by atoms with Crippen LogP contribution >= 0.6 is 0 Å². The van der Waals surface area contributed by atoms with E-state index in [0.29, 0.717) is 17.1 Å². The van der Waals surface area contributed by atoms with Crippen molar-refractivity contribution in [3.8, 4) is 0 Å². The average Bonchev–Trinajstić information content (AvgIpc) is 2.89. The Balaban J connectivity index is 2.05. The molecule has 2 heterocycles. The summed E-state index contributed by atoms with van der Waals surface area (Å²) < 4.78 is 1.88. The van der Waals surface area contributed by atoms with Crippen LogP contribution in [0.4, 0.5) is 0 Å². The molecule has 3 rings (SSSR count). The van der Waals surface area contributed by atoms with E-state index >= 15 is 0 Å². The van der Waals surface area contributed by atoms with E-state index in [1.807, 2.05) is 4.57 Å². The van der Waals surface area contributed by atoms with E-state index in [2.05, 4.69) is 15.0 Å². The lowest BCUT2D eigenvalue weighted by Crippen LogP contribution is -2.23. The van der Waals surface area contributed by atoms with Gasteiger partial charge in [0.25, 0.3) is 5.56 Å². The van der Waals surface area contributed by atoms with Crippen molar-refractivity contribution in [1.82, 2.24) is 19.5 Å². The fourth-order valence-corrected chi connectivity index (χ4v) is 2.59. The molecule has 0 aliphatic heterocycles. The Morgan fingerprint density at radius 1 is 1.29 bits per heavy atom. The number of H-pyrrole nitrogens is 2. The first-order valence-corrected chi connectivity index (χ1v) is 5.91. The Morgan fingerprint density at radius 3 is 2.82 bits per heavy atom. The highest BCUT2D eigenvalue weighted by molar-refractivity contribution is 5.68. The first-order valence-electron chi connectivity index (χ1n) is 5.91. The standard InChI is InChI=1S/C11H14N4O2/c16-10-8-9(13-11(17)14-10)15(6-12-8)5-7-3-1-2-4-7/h6-7H,1-5H2,(H2,13,14,16,17). The van der Waals surface area contributed by atoms with Crippen molar-refractivity contribution in [2.45, 2.75) is 32.2 Å². The quantitative estimate of drug-likeness (QED) is 0.798. The molecule has 1 fully saturated rings. The van der Waals surface area contributed by atoms with Gasteiger partial charge in [0.15, 0.2) is 5.52 Å². The van der Waals surface area contributed by atoms with E-state index in [1.165, 1.54) is 25.7 Å². The summed E-state index contributed by atoms with van der Waals surface area (Å²) in [7, 11) is 0. The number of rotatable bonds is 2. The van der Waals surface area contributed by atoms with Gasteiger partial charge in [-0.15, -0.1) is 0 Å². The van der Waals surface area contributed by atoms with E-state index in [0.717, 1.165) is 6.54 Å². The summed E-state index contributed by atoms with van der Waals surface area (Å²) in [6, 6.07) is 0. The Hall–Kier alpha value is -1.85. The third kappa shape index (κ3) is 1.79. The van der Waals surface area contributed by atoms with Gasteiger partial charge in [0.05, 0.1) is 6.33 Å². The minimum absolute atomic E-state index is 0.308. The van der Waals surface area contributed by atoms with Gasteiger partial charge in [-0.3, -0.25) is 14.8 Å². The maximum Gasteiger partial charge on any atom is 0.327 e. The number of nitrogens with one attached hydrogen (secondary N) is 2. The number of fused-ring (bicyclic) bond motifs is 1. The van der Waals surface area contributed by atoms with Crippen LogP contribution in [0.2, 0.25) is 0 Å². The highest BCUT2D eigenvalue weighted by Crippen LogP contribution is 2.26. The first kappa shape index (κ1) is 10.3. The van der Waals surface area contributed by atoms with Crippen LogP contribution in [0.5, 0.6) is 0 Å². The molecule has 0 bridgehead atoms. The van der Waals surface area contributed by atoms with E-state index in [9.17, 15) is 9.59 Å². The minimum atomic E-state index is -0.476. The molecule has 0 spiro atoms. The molecule has 2 aromatic rings. The largest absolute Gasteiger partial charge is 0.327 e. The zero-order valence-corrected chi connectivity index (χ0v) is 9.40. The molecule has 90 valence electrons. The third-order valence-corrected chi connectivity index (χ3v) is 3.44. The number of aromatic nitrogens is 4. The fourth-order valence-electron chi connectivity index (χ4n) is 2.59. The molecule has 1 aliphatic rings. The van der Waals surface area contributed by atoms with Crippen LogP contribution < -0.4 is 11.2 Å². The molecule has 0 saturated heterocycles. The average molecular weight is 234 g/mol.